The Hall–Kier alpha value is -1.42. The van der Waals surface area contributed by atoms with E-state index in [1.165, 1.54) is 0 Å². The molecular weight excluding hydrogens is 198 g/mol. The molecule has 0 atom stereocenters. The first-order valence-electron chi connectivity index (χ1n) is 4.37. The van der Waals surface area contributed by atoms with E-state index in [2.05, 4.69) is 4.98 Å². The summed E-state index contributed by atoms with van der Waals surface area (Å²) < 4.78 is 0.842. The second-order valence-electron chi connectivity index (χ2n) is 2.97. The van der Waals surface area contributed by atoms with Crippen molar-refractivity contribution < 1.29 is 4.79 Å². The maximum Gasteiger partial charge on any atom is 0.305 e. The average molecular weight is 207 g/mol. The van der Waals surface area contributed by atoms with Crippen LogP contribution in [0.2, 0.25) is 0 Å². The second-order valence-corrected chi connectivity index (χ2v) is 3.98. The van der Waals surface area contributed by atoms with Gasteiger partial charge in [0.15, 0.2) is 5.78 Å². The molecule has 1 aromatic heterocycles. The van der Waals surface area contributed by atoms with E-state index in [9.17, 15) is 9.59 Å². The van der Waals surface area contributed by atoms with Crippen molar-refractivity contribution in [3.63, 3.8) is 0 Å². The number of aromatic nitrogens is 1. The Balaban J connectivity index is 2.76. The first-order valence-corrected chi connectivity index (χ1v) is 5.19. The van der Waals surface area contributed by atoms with Crippen LogP contribution in [-0.4, -0.2) is 10.8 Å². The molecule has 0 spiro atoms. The molecule has 2 rings (SSSR count). The summed E-state index contributed by atoms with van der Waals surface area (Å²) in [6, 6.07) is 5.39. The lowest BCUT2D eigenvalue weighted by Gasteiger charge is -1.98. The van der Waals surface area contributed by atoms with Gasteiger partial charge in [-0.25, -0.2) is 0 Å². The summed E-state index contributed by atoms with van der Waals surface area (Å²) in [4.78, 5) is 25.2. The van der Waals surface area contributed by atoms with Gasteiger partial charge in [0, 0.05) is 12.0 Å². The van der Waals surface area contributed by atoms with Gasteiger partial charge in [-0.2, -0.15) is 0 Å². The van der Waals surface area contributed by atoms with Gasteiger partial charge in [0.1, 0.15) is 0 Å². The van der Waals surface area contributed by atoms with Crippen LogP contribution in [0.3, 0.4) is 0 Å². The Morgan fingerprint density at radius 3 is 3.00 bits per heavy atom. The molecule has 0 saturated heterocycles. The van der Waals surface area contributed by atoms with Crippen LogP contribution in [0.4, 0.5) is 0 Å². The fraction of sp³-hybridized carbons (Fsp3) is 0.200. The molecule has 0 bridgehead atoms. The number of carbonyl (C=O) groups excluding carboxylic acids is 1. The minimum Gasteiger partial charge on any atom is -0.312 e. The van der Waals surface area contributed by atoms with Crippen molar-refractivity contribution >= 4 is 27.3 Å². The molecule has 0 aliphatic heterocycles. The third-order valence-corrected chi connectivity index (χ3v) is 2.93. The lowest BCUT2D eigenvalue weighted by molar-refractivity contribution is 0.0989. The van der Waals surface area contributed by atoms with E-state index in [1.54, 1.807) is 12.1 Å². The zero-order chi connectivity index (χ0) is 10.1. The van der Waals surface area contributed by atoms with E-state index in [0.717, 1.165) is 16.0 Å². The number of benzene rings is 1. The summed E-state index contributed by atoms with van der Waals surface area (Å²) in [5.74, 6) is 0.0599. The largest absolute Gasteiger partial charge is 0.312 e. The summed E-state index contributed by atoms with van der Waals surface area (Å²) in [6.07, 6.45) is 0.455. The van der Waals surface area contributed by atoms with Gasteiger partial charge in [-0.15, -0.1) is 0 Å². The number of thiazole rings is 1. The Kier molecular flexibility index (Phi) is 2.21. The first kappa shape index (κ1) is 9.15. The minimum absolute atomic E-state index is 0.0599. The molecule has 72 valence electrons. The van der Waals surface area contributed by atoms with Crippen LogP contribution in [0, 0.1) is 0 Å². The van der Waals surface area contributed by atoms with Crippen LogP contribution in [0.1, 0.15) is 23.7 Å². The molecule has 0 unspecified atom stereocenters. The van der Waals surface area contributed by atoms with Crippen LogP contribution in [0.5, 0.6) is 0 Å². The number of Topliss-reactive ketones (excluding diaryl/α,β-unsaturated/α-hetero) is 1. The van der Waals surface area contributed by atoms with Gasteiger partial charge in [0.05, 0.1) is 10.2 Å². The Morgan fingerprint density at radius 2 is 2.29 bits per heavy atom. The fourth-order valence-electron chi connectivity index (χ4n) is 1.40. The van der Waals surface area contributed by atoms with Crippen LogP contribution >= 0.6 is 11.3 Å². The SMILES string of the molecule is CCC(=O)c1cccc2sc(=O)[nH]c12. The Labute approximate surface area is 84.4 Å². The molecule has 0 amide bonds. The lowest BCUT2D eigenvalue weighted by atomic mass is 10.1. The molecule has 14 heavy (non-hydrogen) atoms. The molecule has 1 heterocycles. The van der Waals surface area contributed by atoms with Crippen molar-refractivity contribution in [2.45, 2.75) is 13.3 Å². The maximum absolute atomic E-state index is 11.5. The zero-order valence-corrected chi connectivity index (χ0v) is 8.48. The number of hydrogen-bond acceptors (Lipinski definition) is 3. The predicted octanol–water partition coefficient (Wildman–Crippen LogP) is 2.18. The number of H-pyrrole nitrogens is 1. The highest BCUT2D eigenvalue weighted by Gasteiger charge is 2.09. The predicted molar refractivity (Wildman–Crippen MR) is 57.1 cm³/mol. The number of hydrogen-bond donors (Lipinski definition) is 1. The Bertz CT molecular complexity index is 538. The number of para-hydroxylation sites is 1. The van der Waals surface area contributed by atoms with Crippen molar-refractivity contribution in [2.75, 3.05) is 0 Å². The van der Waals surface area contributed by atoms with Crippen molar-refractivity contribution in [3.05, 3.63) is 33.4 Å². The van der Waals surface area contributed by atoms with Gasteiger partial charge in [-0.3, -0.25) is 9.59 Å². The topological polar surface area (TPSA) is 49.9 Å². The van der Waals surface area contributed by atoms with E-state index in [0.29, 0.717) is 17.5 Å². The molecule has 1 aromatic carbocycles. The fourth-order valence-corrected chi connectivity index (χ4v) is 2.16. The van der Waals surface area contributed by atoms with Gasteiger partial charge in [-0.05, 0) is 12.1 Å². The molecule has 1 N–H and O–H groups in total. The minimum atomic E-state index is -0.114. The van der Waals surface area contributed by atoms with E-state index in [1.807, 2.05) is 13.0 Å². The van der Waals surface area contributed by atoms with Crippen LogP contribution in [-0.2, 0) is 0 Å². The van der Waals surface area contributed by atoms with Crippen molar-refractivity contribution in [1.82, 2.24) is 4.98 Å². The zero-order valence-electron chi connectivity index (χ0n) is 7.66. The standard InChI is InChI=1S/C10H9NO2S/c1-2-7(12)6-4-3-5-8-9(6)11-10(13)14-8/h3-5H,2H2,1H3,(H,11,13). The smallest absolute Gasteiger partial charge is 0.305 e. The van der Waals surface area contributed by atoms with Crippen molar-refractivity contribution in [2.24, 2.45) is 0 Å². The monoisotopic (exact) mass is 207 g/mol. The highest BCUT2D eigenvalue weighted by atomic mass is 32.1. The molecule has 4 heteroatoms. The summed E-state index contributed by atoms with van der Waals surface area (Å²) >= 11 is 1.13. The highest BCUT2D eigenvalue weighted by molar-refractivity contribution is 7.16. The summed E-state index contributed by atoms with van der Waals surface area (Å²) in [6.45, 7) is 1.81. The molecule has 2 aromatic rings. The lowest BCUT2D eigenvalue weighted by Crippen LogP contribution is -1.99. The van der Waals surface area contributed by atoms with Gasteiger partial charge in [-0.1, -0.05) is 24.3 Å². The van der Waals surface area contributed by atoms with Gasteiger partial charge >= 0.3 is 4.87 Å². The number of fused-ring (bicyclic) bond motifs is 1. The van der Waals surface area contributed by atoms with E-state index < -0.39 is 0 Å². The summed E-state index contributed by atoms with van der Waals surface area (Å²) in [7, 11) is 0. The van der Waals surface area contributed by atoms with Crippen molar-refractivity contribution in [1.29, 1.82) is 0 Å². The maximum atomic E-state index is 11.5. The van der Waals surface area contributed by atoms with Crippen LogP contribution < -0.4 is 4.87 Å². The molecule has 0 aliphatic carbocycles. The van der Waals surface area contributed by atoms with E-state index in [-0.39, 0.29) is 10.7 Å². The number of ketones is 1. The molecule has 0 aliphatic rings. The van der Waals surface area contributed by atoms with Gasteiger partial charge in [0.25, 0.3) is 0 Å². The van der Waals surface area contributed by atoms with Gasteiger partial charge < -0.3 is 4.98 Å². The quantitative estimate of drug-likeness (QED) is 0.767. The number of aromatic amines is 1. The van der Waals surface area contributed by atoms with Gasteiger partial charge in [0.2, 0.25) is 0 Å². The van der Waals surface area contributed by atoms with Crippen molar-refractivity contribution in [3.8, 4) is 0 Å². The first-order chi connectivity index (χ1) is 6.72. The Morgan fingerprint density at radius 1 is 1.50 bits per heavy atom. The molecule has 0 radical (unpaired) electrons. The normalized spacial score (nSPS) is 10.6. The molecular formula is C10H9NO2S. The third kappa shape index (κ3) is 1.37. The molecule has 3 nitrogen and oxygen atoms in total. The average Bonchev–Trinajstić information content (AvgIpc) is 2.56. The second kappa shape index (κ2) is 3.38. The third-order valence-electron chi connectivity index (χ3n) is 2.08. The number of carbonyl (C=O) groups is 1. The summed E-state index contributed by atoms with van der Waals surface area (Å²) in [5, 5.41) is 0. The number of nitrogens with one attached hydrogen (secondary N) is 1. The molecule has 0 saturated carbocycles. The number of rotatable bonds is 2. The van der Waals surface area contributed by atoms with Crippen LogP contribution in [0.25, 0.3) is 10.2 Å². The van der Waals surface area contributed by atoms with E-state index >= 15 is 0 Å². The van der Waals surface area contributed by atoms with E-state index in [4.69, 9.17) is 0 Å². The summed E-state index contributed by atoms with van der Waals surface area (Å²) in [5.41, 5.74) is 1.29. The van der Waals surface area contributed by atoms with Crippen LogP contribution in [0.15, 0.2) is 23.0 Å². The highest BCUT2D eigenvalue weighted by Crippen LogP contribution is 2.19. The molecule has 0 fully saturated rings.